The minimum Gasteiger partial charge on any atom is -0.489 e. The third-order valence-electron chi connectivity index (χ3n) is 3.49. The summed E-state index contributed by atoms with van der Waals surface area (Å²) in [5.74, 6) is 2.00. The van der Waals surface area contributed by atoms with Crippen LogP contribution in [-0.4, -0.2) is 13.2 Å². The minimum absolute atomic E-state index is 0.0285. The van der Waals surface area contributed by atoms with Crippen LogP contribution in [0.4, 0.5) is 0 Å². The van der Waals surface area contributed by atoms with E-state index in [1.807, 2.05) is 42.5 Å². The summed E-state index contributed by atoms with van der Waals surface area (Å²) in [7, 11) is 0. The average Bonchev–Trinajstić information content (AvgIpc) is 2.69. The number of benzene rings is 2. The van der Waals surface area contributed by atoms with Crippen molar-refractivity contribution in [3.8, 4) is 11.5 Å². The molecule has 21 heavy (non-hydrogen) atoms. The summed E-state index contributed by atoms with van der Waals surface area (Å²) in [6.45, 7) is 3.48. The summed E-state index contributed by atoms with van der Waals surface area (Å²) >= 11 is 10.00. The number of fused-ring (bicyclic) bond motifs is 1. The largest absolute Gasteiger partial charge is 0.489 e. The molecule has 2 aromatic carbocycles. The van der Waals surface area contributed by atoms with Gasteiger partial charge in [0.25, 0.3) is 0 Å². The Kier molecular flexibility index (Phi) is 4.41. The molecule has 2 unspecified atom stereocenters. The molecule has 2 nitrogen and oxygen atoms in total. The number of halogens is 2. The molecule has 0 radical (unpaired) electrons. The fourth-order valence-electron chi connectivity index (χ4n) is 2.29. The summed E-state index contributed by atoms with van der Waals surface area (Å²) in [6.07, 6.45) is 0. The van der Waals surface area contributed by atoms with Gasteiger partial charge in [0.15, 0.2) is 11.5 Å². The van der Waals surface area contributed by atoms with E-state index in [2.05, 4.69) is 22.9 Å². The maximum atomic E-state index is 6.27. The van der Waals surface area contributed by atoms with Gasteiger partial charge in [0.2, 0.25) is 0 Å². The van der Waals surface area contributed by atoms with Crippen LogP contribution in [0, 0.1) is 5.92 Å². The van der Waals surface area contributed by atoms with Crippen LogP contribution in [0.25, 0.3) is 0 Å². The Hall–Kier alpha value is -1.19. The van der Waals surface area contributed by atoms with Gasteiger partial charge in [0.1, 0.15) is 0 Å². The van der Waals surface area contributed by atoms with Crippen LogP contribution < -0.4 is 9.47 Å². The maximum Gasteiger partial charge on any atom is 0.161 e. The summed E-state index contributed by atoms with van der Waals surface area (Å²) in [4.78, 5) is 0.0285. The van der Waals surface area contributed by atoms with Crippen LogP contribution in [0.5, 0.6) is 11.5 Å². The van der Waals surface area contributed by atoms with Crippen LogP contribution in [-0.2, 0) is 0 Å². The van der Waals surface area contributed by atoms with Gasteiger partial charge in [-0.1, -0.05) is 58.7 Å². The van der Waals surface area contributed by atoms with Crippen molar-refractivity contribution in [2.75, 3.05) is 13.2 Å². The first-order valence-electron chi connectivity index (χ1n) is 6.93. The fourth-order valence-corrected chi connectivity index (χ4v) is 3.35. The molecule has 1 aliphatic rings. The molecule has 0 aromatic heterocycles. The minimum atomic E-state index is 0.0285. The van der Waals surface area contributed by atoms with E-state index in [0.717, 1.165) is 27.6 Å². The lowest BCUT2D eigenvalue weighted by Gasteiger charge is -2.15. The number of alkyl halides is 1. The summed E-state index contributed by atoms with van der Waals surface area (Å²) < 4.78 is 11.6. The molecule has 0 bridgehead atoms. The van der Waals surface area contributed by atoms with Gasteiger partial charge in [-0.2, -0.15) is 0 Å². The highest BCUT2D eigenvalue weighted by molar-refractivity contribution is 9.09. The highest BCUT2D eigenvalue weighted by atomic mass is 79.9. The van der Waals surface area contributed by atoms with E-state index >= 15 is 0 Å². The van der Waals surface area contributed by atoms with Crippen LogP contribution >= 0.6 is 27.5 Å². The van der Waals surface area contributed by atoms with Crippen molar-refractivity contribution in [1.29, 1.82) is 0 Å². The smallest absolute Gasteiger partial charge is 0.161 e. The lowest BCUT2D eigenvalue weighted by Crippen LogP contribution is -2.12. The van der Waals surface area contributed by atoms with Crippen molar-refractivity contribution < 1.29 is 9.47 Å². The Morgan fingerprint density at radius 1 is 1.10 bits per heavy atom. The monoisotopic (exact) mass is 366 g/mol. The van der Waals surface area contributed by atoms with E-state index in [9.17, 15) is 0 Å². The third-order valence-corrected chi connectivity index (χ3v) is 4.85. The zero-order valence-corrected chi connectivity index (χ0v) is 14.0. The highest BCUT2D eigenvalue weighted by Crippen LogP contribution is 2.39. The summed E-state index contributed by atoms with van der Waals surface area (Å²) in [5, 5.41) is 0.750. The molecule has 0 amide bonds. The normalized spacial score (nSPS) is 18.9. The highest BCUT2D eigenvalue weighted by Gasteiger charge is 2.19. The van der Waals surface area contributed by atoms with Gasteiger partial charge < -0.3 is 9.47 Å². The molecule has 0 aliphatic carbocycles. The number of ether oxygens (including phenoxy) is 2. The summed E-state index contributed by atoms with van der Waals surface area (Å²) in [5.41, 5.74) is 2.14. The Balaban J connectivity index is 1.92. The van der Waals surface area contributed by atoms with Crippen molar-refractivity contribution >= 4 is 27.5 Å². The first-order chi connectivity index (χ1) is 10.1. The SMILES string of the molecule is CC1COc2ccc(C(Br)c3ccccc3Cl)cc2OC1. The number of hydrogen-bond donors (Lipinski definition) is 0. The second kappa shape index (κ2) is 6.29. The molecule has 2 aromatic rings. The molecule has 0 spiro atoms. The van der Waals surface area contributed by atoms with Crippen LogP contribution in [0.1, 0.15) is 22.9 Å². The average molecular weight is 368 g/mol. The van der Waals surface area contributed by atoms with Gasteiger partial charge >= 0.3 is 0 Å². The zero-order valence-electron chi connectivity index (χ0n) is 11.7. The lowest BCUT2D eigenvalue weighted by molar-refractivity contribution is 0.228. The van der Waals surface area contributed by atoms with Gasteiger partial charge in [0.05, 0.1) is 18.0 Å². The van der Waals surface area contributed by atoms with Crippen LogP contribution in [0.15, 0.2) is 42.5 Å². The number of rotatable bonds is 2. The zero-order chi connectivity index (χ0) is 14.8. The van der Waals surface area contributed by atoms with Gasteiger partial charge in [-0.15, -0.1) is 0 Å². The Morgan fingerprint density at radius 2 is 1.81 bits per heavy atom. The van der Waals surface area contributed by atoms with Gasteiger partial charge in [-0.3, -0.25) is 0 Å². The fraction of sp³-hybridized carbons (Fsp3) is 0.294. The van der Waals surface area contributed by atoms with Crippen LogP contribution in [0.3, 0.4) is 0 Å². The standard InChI is InChI=1S/C17H16BrClO2/c1-11-9-20-15-7-6-12(8-16(15)21-10-11)17(18)13-4-2-3-5-14(13)19/h2-8,11,17H,9-10H2,1H3. The molecule has 1 heterocycles. The van der Waals surface area contributed by atoms with Crippen molar-refractivity contribution in [2.45, 2.75) is 11.8 Å². The second-order valence-electron chi connectivity index (χ2n) is 5.32. The van der Waals surface area contributed by atoms with Crippen molar-refractivity contribution in [2.24, 2.45) is 5.92 Å². The van der Waals surface area contributed by atoms with Gasteiger partial charge in [0, 0.05) is 10.9 Å². The predicted molar refractivity (Wildman–Crippen MR) is 88.8 cm³/mol. The van der Waals surface area contributed by atoms with Crippen LogP contribution in [0.2, 0.25) is 5.02 Å². The van der Waals surface area contributed by atoms with E-state index in [-0.39, 0.29) is 4.83 Å². The van der Waals surface area contributed by atoms with Crippen molar-refractivity contribution in [3.63, 3.8) is 0 Å². The first kappa shape index (κ1) is 14.7. The molecule has 0 N–H and O–H groups in total. The maximum absolute atomic E-state index is 6.27. The molecule has 0 fully saturated rings. The molecular formula is C17H16BrClO2. The molecule has 2 atom stereocenters. The lowest BCUT2D eigenvalue weighted by atomic mass is 10.0. The molecule has 4 heteroatoms. The number of hydrogen-bond acceptors (Lipinski definition) is 2. The quantitative estimate of drug-likeness (QED) is 0.677. The van der Waals surface area contributed by atoms with E-state index in [1.165, 1.54) is 0 Å². The molecule has 1 aliphatic heterocycles. The van der Waals surface area contributed by atoms with E-state index in [1.54, 1.807) is 0 Å². The van der Waals surface area contributed by atoms with Gasteiger partial charge in [-0.25, -0.2) is 0 Å². The van der Waals surface area contributed by atoms with Gasteiger partial charge in [-0.05, 0) is 29.3 Å². The molecule has 110 valence electrons. The molecule has 0 saturated carbocycles. The molecular weight excluding hydrogens is 352 g/mol. The van der Waals surface area contributed by atoms with E-state index in [4.69, 9.17) is 21.1 Å². The Bertz CT molecular complexity index is 644. The summed E-state index contributed by atoms with van der Waals surface area (Å²) in [6, 6.07) is 13.9. The van der Waals surface area contributed by atoms with Crippen molar-refractivity contribution in [1.82, 2.24) is 0 Å². The molecule has 3 rings (SSSR count). The predicted octanol–water partition coefficient (Wildman–Crippen LogP) is 5.23. The topological polar surface area (TPSA) is 18.5 Å². The first-order valence-corrected chi connectivity index (χ1v) is 8.22. The third kappa shape index (κ3) is 3.19. The van der Waals surface area contributed by atoms with E-state index < -0.39 is 0 Å². The second-order valence-corrected chi connectivity index (χ2v) is 6.64. The molecule has 0 saturated heterocycles. The van der Waals surface area contributed by atoms with E-state index in [0.29, 0.717) is 19.1 Å². The Labute approximate surface area is 138 Å². The Morgan fingerprint density at radius 3 is 2.57 bits per heavy atom. The van der Waals surface area contributed by atoms with Crippen molar-refractivity contribution in [3.05, 3.63) is 58.6 Å².